The minimum absolute atomic E-state index is 0.281. The molecule has 0 aliphatic carbocycles. The predicted molar refractivity (Wildman–Crippen MR) is 91.9 cm³/mol. The van der Waals surface area contributed by atoms with Crippen LogP contribution < -0.4 is 10.1 Å². The molecule has 0 spiro atoms. The van der Waals surface area contributed by atoms with Gasteiger partial charge >= 0.3 is 5.97 Å². The van der Waals surface area contributed by atoms with Gasteiger partial charge in [-0.15, -0.1) is 0 Å². The van der Waals surface area contributed by atoms with Crippen molar-refractivity contribution in [3.05, 3.63) is 29.8 Å². The van der Waals surface area contributed by atoms with Crippen molar-refractivity contribution in [1.29, 1.82) is 0 Å². The van der Waals surface area contributed by atoms with E-state index in [0.717, 1.165) is 6.42 Å². The number of hydrogen-bond acceptors (Lipinski definition) is 3. The van der Waals surface area contributed by atoms with Crippen molar-refractivity contribution in [3.8, 4) is 5.75 Å². The molecule has 0 saturated heterocycles. The van der Waals surface area contributed by atoms with Gasteiger partial charge in [0.1, 0.15) is 5.75 Å². The third-order valence-electron chi connectivity index (χ3n) is 2.99. The fourth-order valence-electron chi connectivity index (χ4n) is 1.64. The van der Waals surface area contributed by atoms with E-state index in [1.165, 1.54) is 50.9 Å². The van der Waals surface area contributed by atoms with Gasteiger partial charge in [0.05, 0.1) is 12.2 Å². The van der Waals surface area contributed by atoms with E-state index in [1.54, 1.807) is 12.1 Å². The quantitative estimate of drug-likeness (QED) is 0.631. The molecule has 22 heavy (non-hydrogen) atoms. The lowest BCUT2D eigenvalue weighted by molar-refractivity contribution is 0.0697. The number of nitrogens with one attached hydrogen (secondary N) is 1. The van der Waals surface area contributed by atoms with Crippen LogP contribution in [0.3, 0.4) is 0 Å². The Bertz CT molecular complexity index is 370. The van der Waals surface area contributed by atoms with Gasteiger partial charge in [0.2, 0.25) is 0 Å². The molecule has 0 aromatic heterocycles. The van der Waals surface area contributed by atoms with E-state index in [9.17, 15) is 4.79 Å². The number of carbonyl (C=O) groups is 1. The Morgan fingerprint density at radius 2 is 1.55 bits per heavy atom. The Morgan fingerprint density at radius 1 is 1.00 bits per heavy atom. The third kappa shape index (κ3) is 11.1. The Labute approximate surface area is 134 Å². The number of benzene rings is 1. The Morgan fingerprint density at radius 3 is 1.95 bits per heavy atom. The number of carboxylic acid groups (broad SMARTS) is 1. The summed E-state index contributed by atoms with van der Waals surface area (Å²) in [6.07, 6.45) is 6.20. The molecule has 0 aliphatic rings. The number of carboxylic acids is 1. The van der Waals surface area contributed by atoms with Gasteiger partial charge in [-0.25, -0.2) is 4.79 Å². The summed E-state index contributed by atoms with van der Waals surface area (Å²) in [7, 11) is 0. The van der Waals surface area contributed by atoms with E-state index in [-0.39, 0.29) is 5.56 Å². The van der Waals surface area contributed by atoms with Crippen LogP contribution in [-0.2, 0) is 0 Å². The fraction of sp³-hybridized carbons (Fsp3) is 0.611. The molecule has 4 heteroatoms. The number of unbranched alkanes of at least 4 members (excludes halogenated alkanes) is 2. The minimum atomic E-state index is -0.915. The topological polar surface area (TPSA) is 58.6 Å². The average Bonchev–Trinajstić information content (AvgIpc) is 2.54. The van der Waals surface area contributed by atoms with Crippen LogP contribution in [0.15, 0.2) is 24.3 Å². The summed E-state index contributed by atoms with van der Waals surface area (Å²) in [4.78, 5) is 10.5. The maximum Gasteiger partial charge on any atom is 0.335 e. The highest BCUT2D eigenvalue weighted by Crippen LogP contribution is 2.12. The van der Waals surface area contributed by atoms with Crippen molar-refractivity contribution >= 4 is 5.97 Å². The van der Waals surface area contributed by atoms with Crippen LogP contribution in [-0.4, -0.2) is 30.8 Å². The second-order valence-electron chi connectivity index (χ2n) is 5.14. The lowest BCUT2D eigenvalue weighted by atomic mass is 10.2. The molecule has 0 radical (unpaired) electrons. The molecular weight excluding hydrogens is 278 g/mol. The predicted octanol–water partition coefficient (Wildman–Crippen LogP) is 4.35. The van der Waals surface area contributed by atoms with Crippen LogP contribution >= 0.6 is 0 Å². The first-order chi connectivity index (χ1) is 10.7. The summed E-state index contributed by atoms with van der Waals surface area (Å²) in [5.41, 5.74) is 0.281. The standard InChI is InChI=1S/C10H12O3.C8H19N/c1-2-7-13-9-5-3-8(4-6-9)10(11)12;1-3-5-7-9-8-6-4-2/h3-6H,2,7H2,1H3,(H,11,12);9H,3-8H2,1-2H3. The van der Waals surface area contributed by atoms with E-state index < -0.39 is 5.97 Å². The molecule has 126 valence electrons. The highest BCUT2D eigenvalue weighted by molar-refractivity contribution is 5.87. The molecule has 0 amide bonds. The largest absolute Gasteiger partial charge is 0.494 e. The number of rotatable bonds is 10. The zero-order valence-corrected chi connectivity index (χ0v) is 14.2. The summed E-state index contributed by atoms with van der Waals surface area (Å²) in [6, 6.07) is 6.40. The molecule has 0 saturated carbocycles. The first-order valence-corrected chi connectivity index (χ1v) is 8.32. The molecule has 0 atom stereocenters. The highest BCUT2D eigenvalue weighted by atomic mass is 16.5. The molecule has 2 N–H and O–H groups in total. The lowest BCUT2D eigenvalue weighted by Gasteiger charge is -2.03. The van der Waals surface area contributed by atoms with Gasteiger partial charge < -0.3 is 15.2 Å². The second kappa shape index (κ2) is 14.4. The average molecular weight is 309 g/mol. The van der Waals surface area contributed by atoms with Crippen molar-refractivity contribution in [3.63, 3.8) is 0 Å². The van der Waals surface area contributed by atoms with Gasteiger partial charge in [0.15, 0.2) is 0 Å². The zero-order chi connectivity index (χ0) is 16.6. The smallest absolute Gasteiger partial charge is 0.335 e. The molecule has 1 aromatic carbocycles. The van der Waals surface area contributed by atoms with Crippen LogP contribution in [0.4, 0.5) is 0 Å². The van der Waals surface area contributed by atoms with Crippen LogP contribution in [0.5, 0.6) is 5.75 Å². The van der Waals surface area contributed by atoms with E-state index in [4.69, 9.17) is 9.84 Å². The molecule has 0 aliphatic heterocycles. The number of aromatic carboxylic acids is 1. The molecule has 0 bridgehead atoms. The molecule has 1 rings (SSSR count). The van der Waals surface area contributed by atoms with E-state index in [2.05, 4.69) is 19.2 Å². The molecule has 0 heterocycles. The van der Waals surface area contributed by atoms with Gasteiger partial charge in [-0.1, -0.05) is 33.6 Å². The summed E-state index contributed by atoms with van der Waals surface area (Å²) in [6.45, 7) is 9.54. The number of hydrogen-bond donors (Lipinski definition) is 2. The Kier molecular flexibility index (Phi) is 13.4. The van der Waals surface area contributed by atoms with Crippen molar-refractivity contribution < 1.29 is 14.6 Å². The maximum absolute atomic E-state index is 10.5. The van der Waals surface area contributed by atoms with Crippen LogP contribution in [0.1, 0.15) is 63.2 Å². The van der Waals surface area contributed by atoms with Gasteiger partial charge in [-0.3, -0.25) is 0 Å². The minimum Gasteiger partial charge on any atom is -0.494 e. The number of ether oxygens (including phenoxy) is 1. The summed E-state index contributed by atoms with van der Waals surface area (Å²) in [5.74, 6) is -0.200. The molecule has 1 aromatic rings. The monoisotopic (exact) mass is 309 g/mol. The summed E-state index contributed by atoms with van der Waals surface area (Å²) >= 11 is 0. The fourth-order valence-corrected chi connectivity index (χ4v) is 1.64. The van der Waals surface area contributed by atoms with Crippen molar-refractivity contribution in [2.75, 3.05) is 19.7 Å². The van der Waals surface area contributed by atoms with Crippen LogP contribution in [0.25, 0.3) is 0 Å². The van der Waals surface area contributed by atoms with E-state index in [0.29, 0.717) is 12.4 Å². The van der Waals surface area contributed by atoms with E-state index >= 15 is 0 Å². The lowest BCUT2D eigenvalue weighted by Crippen LogP contribution is -2.15. The summed E-state index contributed by atoms with van der Waals surface area (Å²) < 4.78 is 5.30. The SMILES string of the molecule is CCCCNCCCC.CCCOc1ccc(C(=O)O)cc1. The third-order valence-corrected chi connectivity index (χ3v) is 2.99. The van der Waals surface area contributed by atoms with Crippen LogP contribution in [0, 0.1) is 0 Å². The first kappa shape index (κ1) is 20.5. The van der Waals surface area contributed by atoms with Gasteiger partial charge in [0, 0.05) is 0 Å². The summed E-state index contributed by atoms with van der Waals surface area (Å²) in [5, 5.41) is 12.0. The Hall–Kier alpha value is -1.55. The van der Waals surface area contributed by atoms with Gasteiger partial charge in [-0.2, -0.15) is 0 Å². The van der Waals surface area contributed by atoms with Crippen molar-refractivity contribution in [2.45, 2.75) is 52.9 Å². The maximum atomic E-state index is 10.5. The Balaban J connectivity index is 0.000000433. The van der Waals surface area contributed by atoms with Crippen molar-refractivity contribution in [1.82, 2.24) is 5.32 Å². The first-order valence-electron chi connectivity index (χ1n) is 8.32. The molecule has 0 unspecified atom stereocenters. The van der Waals surface area contributed by atoms with Crippen molar-refractivity contribution in [2.24, 2.45) is 0 Å². The second-order valence-corrected chi connectivity index (χ2v) is 5.14. The van der Waals surface area contributed by atoms with Gasteiger partial charge in [-0.05, 0) is 56.6 Å². The zero-order valence-electron chi connectivity index (χ0n) is 14.2. The molecule has 0 fully saturated rings. The molecule has 4 nitrogen and oxygen atoms in total. The highest BCUT2D eigenvalue weighted by Gasteiger charge is 2.01. The molecular formula is C18H31NO3. The normalized spacial score (nSPS) is 9.77. The van der Waals surface area contributed by atoms with Crippen LogP contribution in [0.2, 0.25) is 0 Å². The van der Waals surface area contributed by atoms with Gasteiger partial charge in [0.25, 0.3) is 0 Å². The van der Waals surface area contributed by atoms with E-state index in [1.807, 2.05) is 6.92 Å².